The van der Waals surface area contributed by atoms with Crippen molar-refractivity contribution in [2.24, 2.45) is 11.3 Å². The highest BCUT2D eigenvalue weighted by Crippen LogP contribution is 2.45. The molecule has 0 bridgehead atoms. The number of allylic oxidation sites excluding steroid dienone is 1. The molecular weight excluding hydrogens is 291 g/mol. The number of rotatable bonds is 5. The van der Waals surface area contributed by atoms with Crippen LogP contribution >= 0.6 is 9.24 Å². The van der Waals surface area contributed by atoms with E-state index >= 15 is 0 Å². The van der Waals surface area contributed by atoms with Crippen molar-refractivity contribution in [3.05, 3.63) is 12.2 Å². The molecule has 1 aliphatic carbocycles. The molecular formula is C19H35O2P. The van der Waals surface area contributed by atoms with Crippen LogP contribution in [-0.2, 0) is 9.53 Å². The van der Waals surface area contributed by atoms with Crippen molar-refractivity contribution < 1.29 is 9.53 Å². The highest BCUT2D eigenvalue weighted by Gasteiger charge is 2.45. The van der Waals surface area contributed by atoms with Gasteiger partial charge in [0, 0.05) is 5.92 Å². The summed E-state index contributed by atoms with van der Waals surface area (Å²) in [6.45, 7) is 17.0. The molecule has 0 aromatic heterocycles. The Balaban J connectivity index is 2.92. The second-order valence-corrected chi connectivity index (χ2v) is 9.80. The minimum absolute atomic E-state index is 0.0692. The minimum atomic E-state index is -0.521. The van der Waals surface area contributed by atoms with Crippen LogP contribution in [0.25, 0.3) is 0 Å². The third kappa shape index (κ3) is 4.82. The van der Waals surface area contributed by atoms with Crippen LogP contribution in [0.3, 0.4) is 0 Å². The highest BCUT2D eigenvalue weighted by molar-refractivity contribution is 7.20. The third-order valence-electron chi connectivity index (χ3n) is 4.93. The Hall–Kier alpha value is -0.360. The summed E-state index contributed by atoms with van der Waals surface area (Å²) in [7, 11) is 2.73. The van der Waals surface area contributed by atoms with Crippen molar-refractivity contribution >= 4 is 15.2 Å². The quantitative estimate of drug-likeness (QED) is 0.378. The van der Waals surface area contributed by atoms with E-state index in [1.165, 1.54) is 5.57 Å². The molecule has 0 aromatic carbocycles. The van der Waals surface area contributed by atoms with Gasteiger partial charge in [-0.05, 0) is 50.9 Å². The number of esters is 1. The van der Waals surface area contributed by atoms with Gasteiger partial charge in [0.2, 0.25) is 0 Å². The molecule has 0 aromatic rings. The van der Waals surface area contributed by atoms with Gasteiger partial charge in [0.05, 0.1) is 5.16 Å². The maximum atomic E-state index is 12.9. The van der Waals surface area contributed by atoms with E-state index in [1.54, 1.807) is 0 Å². The van der Waals surface area contributed by atoms with E-state index in [0.717, 1.165) is 38.5 Å². The zero-order valence-electron chi connectivity index (χ0n) is 15.4. The van der Waals surface area contributed by atoms with Crippen molar-refractivity contribution in [3.8, 4) is 0 Å². The van der Waals surface area contributed by atoms with Crippen molar-refractivity contribution in [3.63, 3.8) is 0 Å². The fourth-order valence-electron chi connectivity index (χ4n) is 3.89. The Labute approximate surface area is 139 Å². The summed E-state index contributed by atoms with van der Waals surface area (Å²) in [6, 6.07) is 0. The van der Waals surface area contributed by atoms with Gasteiger partial charge in [0.25, 0.3) is 0 Å². The van der Waals surface area contributed by atoms with Crippen molar-refractivity contribution in [2.75, 3.05) is 0 Å². The molecule has 128 valence electrons. The van der Waals surface area contributed by atoms with Gasteiger partial charge in [-0.15, -0.1) is 9.24 Å². The van der Waals surface area contributed by atoms with Crippen LogP contribution in [-0.4, -0.2) is 16.7 Å². The highest BCUT2D eigenvalue weighted by atomic mass is 31.0. The van der Waals surface area contributed by atoms with Crippen LogP contribution < -0.4 is 0 Å². The Morgan fingerprint density at radius 1 is 1.36 bits per heavy atom. The molecule has 0 amide bonds. The zero-order chi connectivity index (χ0) is 17.2. The topological polar surface area (TPSA) is 26.3 Å². The van der Waals surface area contributed by atoms with Gasteiger partial charge in [0.1, 0.15) is 5.60 Å². The van der Waals surface area contributed by atoms with Crippen LogP contribution in [0, 0.1) is 11.3 Å². The molecule has 4 atom stereocenters. The van der Waals surface area contributed by atoms with E-state index in [2.05, 4.69) is 50.4 Å². The molecule has 0 aliphatic heterocycles. The first-order valence-electron chi connectivity index (χ1n) is 8.65. The van der Waals surface area contributed by atoms with E-state index in [4.69, 9.17) is 4.74 Å². The average Bonchev–Trinajstić information content (AvgIpc) is 2.38. The second-order valence-electron chi connectivity index (χ2n) is 8.52. The summed E-state index contributed by atoms with van der Waals surface area (Å²) in [6.07, 6.45) is 5.61. The predicted octanol–water partition coefficient (Wildman–Crippen LogP) is 5.51. The van der Waals surface area contributed by atoms with E-state index in [9.17, 15) is 4.79 Å². The Morgan fingerprint density at radius 3 is 2.41 bits per heavy atom. The van der Waals surface area contributed by atoms with Gasteiger partial charge in [-0.1, -0.05) is 46.8 Å². The van der Waals surface area contributed by atoms with Gasteiger partial charge in [-0.2, -0.15) is 0 Å². The molecule has 22 heavy (non-hydrogen) atoms. The van der Waals surface area contributed by atoms with Crippen LogP contribution in [0.4, 0.5) is 0 Å². The van der Waals surface area contributed by atoms with Crippen LogP contribution in [0.15, 0.2) is 12.2 Å². The lowest BCUT2D eigenvalue weighted by molar-refractivity contribution is -0.173. The number of ether oxygens (including phenoxy) is 1. The summed E-state index contributed by atoms with van der Waals surface area (Å²) in [4.78, 5) is 12.9. The monoisotopic (exact) mass is 326 g/mol. The maximum Gasteiger partial charge on any atom is 0.316 e. The Bertz CT molecular complexity index is 420. The molecule has 4 unspecified atom stereocenters. The van der Waals surface area contributed by atoms with Gasteiger partial charge in [0.15, 0.2) is 0 Å². The summed E-state index contributed by atoms with van der Waals surface area (Å²) < 4.78 is 6.19. The lowest BCUT2D eigenvalue weighted by Gasteiger charge is -2.45. The first kappa shape index (κ1) is 19.7. The first-order chi connectivity index (χ1) is 9.96. The van der Waals surface area contributed by atoms with Crippen molar-refractivity contribution in [2.45, 2.75) is 90.8 Å². The van der Waals surface area contributed by atoms with Gasteiger partial charge < -0.3 is 4.74 Å². The first-order valence-corrected chi connectivity index (χ1v) is 9.22. The molecule has 0 saturated heterocycles. The van der Waals surface area contributed by atoms with Crippen molar-refractivity contribution in [1.82, 2.24) is 0 Å². The fourth-order valence-corrected chi connectivity index (χ4v) is 4.56. The summed E-state index contributed by atoms with van der Waals surface area (Å²) in [5.74, 6) is 0.332. The lowest BCUT2D eigenvalue weighted by Crippen LogP contribution is -2.48. The van der Waals surface area contributed by atoms with Crippen LogP contribution in [0.1, 0.15) is 80.1 Å². The van der Waals surface area contributed by atoms with Crippen molar-refractivity contribution in [1.29, 1.82) is 0 Å². The summed E-state index contributed by atoms with van der Waals surface area (Å²) in [5, 5.41) is -0.521. The van der Waals surface area contributed by atoms with E-state index in [0.29, 0.717) is 5.92 Å². The molecule has 1 aliphatic rings. The zero-order valence-corrected chi connectivity index (χ0v) is 16.6. The van der Waals surface area contributed by atoms with E-state index < -0.39 is 5.16 Å². The smallest absolute Gasteiger partial charge is 0.316 e. The molecule has 0 spiro atoms. The molecule has 1 fully saturated rings. The molecule has 2 nitrogen and oxygen atoms in total. The SMILES string of the molecule is C=C1CCC(CC)(OC(=O)C(C)(P)CC(C)(C)C)C(CC)C1. The van der Waals surface area contributed by atoms with Gasteiger partial charge in [-0.25, -0.2) is 0 Å². The molecule has 0 N–H and O–H groups in total. The average molecular weight is 326 g/mol. The standard InChI is InChI=1S/C19H35O2P/c1-8-15-12-14(3)10-11-19(15,9-2)21-16(20)18(7,22)13-17(4,5)6/h15H,3,8-13,22H2,1-2,4-7H3. The normalized spacial score (nSPS) is 29.0. The third-order valence-corrected chi connectivity index (χ3v) is 5.37. The largest absolute Gasteiger partial charge is 0.458 e. The van der Waals surface area contributed by atoms with Gasteiger partial charge in [-0.3, -0.25) is 4.79 Å². The molecule has 3 heteroatoms. The molecule has 0 radical (unpaired) electrons. The Morgan fingerprint density at radius 2 is 1.95 bits per heavy atom. The van der Waals surface area contributed by atoms with Crippen LogP contribution in [0.5, 0.6) is 0 Å². The summed E-state index contributed by atoms with van der Waals surface area (Å²) >= 11 is 0. The Kier molecular flexibility index (Phi) is 6.30. The fraction of sp³-hybridized carbons (Fsp3) is 0.842. The second kappa shape index (κ2) is 7.04. The molecule has 1 saturated carbocycles. The molecule has 1 rings (SSSR count). The van der Waals surface area contributed by atoms with Crippen LogP contribution in [0.2, 0.25) is 0 Å². The number of hydrogen-bond acceptors (Lipinski definition) is 2. The minimum Gasteiger partial charge on any atom is -0.458 e. The predicted molar refractivity (Wildman–Crippen MR) is 98.1 cm³/mol. The van der Waals surface area contributed by atoms with Gasteiger partial charge >= 0.3 is 5.97 Å². The number of carbonyl (C=O) groups excluding carboxylic acids is 1. The number of carbonyl (C=O) groups is 1. The number of hydrogen-bond donors (Lipinski definition) is 0. The molecule has 0 heterocycles. The lowest BCUT2D eigenvalue weighted by atomic mass is 9.71. The van der Waals surface area contributed by atoms with E-state index in [1.807, 2.05) is 6.92 Å². The maximum absolute atomic E-state index is 12.9. The summed E-state index contributed by atoms with van der Waals surface area (Å²) in [5.41, 5.74) is 1.10. The van der Waals surface area contributed by atoms with E-state index in [-0.39, 0.29) is 17.0 Å².